The van der Waals surface area contributed by atoms with Gasteiger partial charge in [0, 0.05) is 23.2 Å². The maximum Gasteiger partial charge on any atom is 0.261 e. The zero-order chi connectivity index (χ0) is 13.1. The van der Waals surface area contributed by atoms with Gasteiger partial charge in [-0.25, -0.2) is 0 Å². The van der Waals surface area contributed by atoms with Crippen LogP contribution in [0.15, 0.2) is 35.4 Å². The van der Waals surface area contributed by atoms with Gasteiger partial charge >= 0.3 is 0 Å². The molecule has 0 bridgehead atoms. The van der Waals surface area contributed by atoms with E-state index in [0.717, 1.165) is 30.5 Å². The Bertz CT molecular complexity index is 582. The minimum absolute atomic E-state index is 0.154. The molecule has 0 saturated heterocycles. The molecule has 4 heteroatoms. The summed E-state index contributed by atoms with van der Waals surface area (Å²) < 4.78 is 0. The Morgan fingerprint density at radius 1 is 1.50 bits per heavy atom. The molecule has 0 spiro atoms. The molecule has 1 aromatic heterocycles. The number of amides is 1. The second-order valence-electron chi connectivity index (χ2n) is 4.24. The Hall–Kier alpha value is -2.10. The van der Waals surface area contributed by atoms with E-state index in [2.05, 4.69) is 16.9 Å². The van der Waals surface area contributed by atoms with Crippen molar-refractivity contribution in [3.8, 4) is 0 Å². The summed E-state index contributed by atoms with van der Waals surface area (Å²) >= 11 is 0. The molecule has 0 atom stereocenters. The number of pyridine rings is 1. The van der Waals surface area contributed by atoms with Crippen molar-refractivity contribution in [1.82, 2.24) is 10.3 Å². The van der Waals surface area contributed by atoms with Crippen LogP contribution in [-0.2, 0) is 12.8 Å². The number of aromatic nitrogens is 1. The van der Waals surface area contributed by atoms with Gasteiger partial charge in [-0.3, -0.25) is 9.59 Å². The molecule has 4 nitrogen and oxygen atoms in total. The fraction of sp³-hybridized carbons (Fsp3) is 0.286. The molecule has 2 rings (SSSR count). The van der Waals surface area contributed by atoms with E-state index < -0.39 is 0 Å². The number of H-pyrrole nitrogens is 1. The molecule has 0 unspecified atom stereocenters. The predicted octanol–water partition coefficient (Wildman–Crippen LogP) is 1.68. The third-order valence-corrected chi connectivity index (χ3v) is 3.16. The Kier molecular flexibility index (Phi) is 3.46. The quantitative estimate of drug-likeness (QED) is 0.795. The Labute approximate surface area is 105 Å². The fourth-order valence-corrected chi connectivity index (χ4v) is 2.15. The molecule has 2 N–H and O–H groups in total. The maximum atomic E-state index is 12.1. The third kappa shape index (κ3) is 2.14. The zero-order valence-corrected chi connectivity index (χ0v) is 10.4. The van der Waals surface area contributed by atoms with Crippen molar-refractivity contribution in [3.63, 3.8) is 0 Å². The number of hydrogen-bond acceptors (Lipinski definition) is 2. The van der Waals surface area contributed by atoms with Crippen molar-refractivity contribution in [3.05, 3.63) is 57.7 Å². The molecule has 0 aromatic carbocycles. The van der Waals surface area contributed by atoms with Crippen molar-refractivity contribution in [2.75, 3.05) is 0 Å². The second-order valence-corrected chi connectivity index (χ2v) is 4.24. The van der Waals surface area contributed by atoms with Gasteiger partial charge < -0.3 is 10.3 Å². The zero-order valence-electron chi connectivity index (χ0n) is 10.4. The highest BCUT2D eigenvalue weighted by molar-refractivity contribution is 5.95. The van der Waals surface area contributed by atoms with Crippen molar-refractivity contribution in [2.45, 2.75) is 26.2 Å². The highest BCUT2D eigenvalue weighted by Crippen LogP contribution is 2.16. The molecule has 1 aliphatic carbocycles. The standard InChI is InChI=1S/C14H16N2O2/c1-3-9(4-2)16-14(18)11-8-15-12-7-5-6-10(12)13(11)17/h3-4,8H,1,5-7H2,2H3,(H,15,17)(H,16,18)/b9-4+. The molecule has 1 aromatic rings. The molecule has 1 aliphatic rings. The topological polar surface area (TPSA) is 62.0 Å². The van der Waals surface area contributed by atoms with Crippen LogP contribution in [0.25, 0.3) is 0 Å². The van der Waals surface area contributed by atoms with Crippen LogP contribution in [0.5, 0.6) is 0 Å². The number of nitrogens with one attached hydrogen (secondary N) is 2. The first-order valence-electron chi connectivity index (χ1n) is 6.01. The van der Waals surface area contributed by atoms with Crippen LogP contribution >= 0.6 is 0 Å². The Morgan fingerprint density at radius 2 is 2.28 bits per heavy atom. The lowest BCUT2D eigenvalue weighted by Crippen LogP contribution is -2.29. The Morgan fingerprint density at radius 3 is 2.94 bits per heavy atom. The van der Waals surface area contributed by atoms with Crippen LogP contribution in [-0.4, -0.2) is 10.9 Å². The molecule has 1 heterocycles. The average molecular weight is 244 g/mol. The van der Waals surface area contributed by atoms with Gasteiger partial charge in [0.1, 0.15) is 5.56 Å². The molecule has 1 amide bonds. The second kappa shape index (κ2) is 5.04. The first kappa shape index (κ1) is 12.4. The van der Waals surface area contributed by atoms with Crippen molar-refractivity contribution in [2.24, 2.45) is 0 Å². The SMILES string of the molecule is C=C/C(=C\C)NC(=O)c1c[nH]c2c(c1=O)CCC2. The summed E-state index contributed by atoms with van der Waals surface area (Å²) in [7, 11) is 0. The largest absolute Gasteiger partial charge is 0.364 e. The number of aromatic amines is 1. The van der Waals surface area contributed by atoms with E-state index in [1.807, 2.05) is 0 Å². The van der Waals surface area contributed by atoms with E-state index in [4.69, 9.17) is 0 Å². The van der Waals surface area contributed by atoms with Crippen LogP contribution in [0.1, 0.15) is 35.0 Å². The lowest BCUT2D eigenvalue weighted by Gasteiger charge is -2.06. The van der Waals surface area contributed by atoms with Gasteiger partial charge in [0.15, 0.2) is 5.43 Å². The highest BCUT2D eigenvalue weighted by Gasteiger charge is 2.20. The van der Waals surface area contributed by atoms with Gasteiger partial charge in [0.25, 0.3) is 5.91 Å². The number of allylic oxidation sites excluding steroid dienone is 2. The van der Waals surface area contributed by atoms with Crippen LogP contribution in [0.2, 0.25) is 0 Å². The number of fused-ring (bicyclic) bond motifs is 1. The van der Waals surface area contributed by atoms with E-state index >= 15 is 0 Å². The number of hydrogen-bond donors (Lipinski definition) is 2. The van der Waals surface area contributed by atoms with E-state index in [-0.39, 0.29) is 16.9 Å². The smallest absolute Gasteiger partial charge is 0.261 e. The molecule has 94 valence electrons. The van der Waals surface area contributed by atoms with E-state index in [1.165, 1.54) is 6.20 Å². The van der Waals surface area contributed by atoms with E-state index in [9.17, 15) is 9.59 Å². The van der Waals surface area contributed by atoms with E-state index in [1.54, 1.807) is 19.1 Å². The lowest BCUT2D eigenvalue weighted by atomic mass is 10.1. The van der Waals surface area contributed by atoms with E-state index in [0.29, 0.717) is 5.70 Å². The molecule has 0 saturated carbocycles. The minimum atomic E-state index is -0.390. The van der Waals surface area contributed by atoms with Gasteiger partial charge in [0.05, 0.1) is 0 Å². The van der Waals surface area contributed by atoms with Crippen LogP contribution in [0.3, 0.4) is 0 Å². The summed E-state index contributed by atoms with van der Waals surface area (Å²) in [5.41, 5.74) is 2.32. The number of carbonyl (C=O) groups is 1. The van der Waals surface area contributed by atoms with Crippen LogP contribution in [0.4, 0.5) is 0 Å². The van der Waals surface area contributed by atoms with Crippen molar-refractivity contribution in [1.29, 1.82) is 0 Å². The minimum Gasteiger partial charge on any atom is -0.364 e. The van der Waals surface area contributed by atoms with Crippen LogP contribution in [0, 0.1) is 0 Å². The predicted molar refractivity (Wildman–Crippen MR) is 70.5 cm³/mol. The summed E-state index contributed by atoms with van der Waals surface area (Å²) in [5, 5.41) is 2.65. The van der Waals surface area contributed by atoms with Gasteiger partial charge in [0.2, 0.25) is 0 Å². The summed E-state index contributed by atoms with van der Waals surface area (Å²) in [4.78, 5) is 27.2. The number of aryl methyl sites for hydroxylation is 1. The number of rotatable bonds is 3. The van der Waals surface area contributed by atoms with Gasteiger partial charge in [-0.15, -0.1) is 0 Å². The van der Waals surface area contributed by atoms with Crippen molar-refractivity contribution < 1.29 is 4.79 Å². The molecule has 0 radical (unpaired) electrons. The Balaban J connectivity index is 2.32. The summed E-state index contributed by atoms with van der Waals surface area (Å²) in [6, 6.07) is 0. The summed E-state index contributed by atoms with van der Waals surface area (Å²) in [6.07, 6.45) is 7.38. The molecule has 18 heavy (non-hydrogen) atoms. The fourth-order valence-electron chi connectivity index (χ4n) is 2.15. The third-order valence-electron chi connectivity index (χ3n) is 3.16. The summed E-state index contributed by atoms with van der Waals surface area (Å²) in [6.45, 7) is 5.39. The lowest BCUT2D eigenvalue weighted by molar-refractivity contribution is 0.0965. The monoisotopic (exact) mass is 244 g/mol. The molecular formula is C14H16N2O2. The van der Waals surface area contributed by atoms with Gasteiger partial charge in [-0.05, 0) is 32.3 Å². The normalized spacial score (nSPS) is 14.2. The highest BCUT2D eigenvalue weighted by atomic mass is 16.2. The summed E-state index contributed by atoms with van der Waals surface area (Å²) in [5.74, 6) is -0.390. The van der Waals surface area contributed by atoms with Crippen molar-refractivity contribution >= 4 is 5.91 Å². The van der Waals surface area contributed by atoms with Crippen LogP contribution < -0.4 is 10.7 Å². The average Bonchev–Trinajstić information content (AvgIpc) is 2.85. The molecule has 0 aliphatic heterocycles. The number of carbonyl (C=O) groups excluding carboxylic acids is 1. The molecule has 0 fully saturated rings. The maximum absolute atomic E-state index is 12.1. The van der Waals surface area contributed by atoms with Gasteiger partial charge in [-0.2, -0.15) is 0 Å². The first-order chi connectivity index (χ1) is 8.67. The first-order valence-corrected chi connectivity index (χ1v) is 6.01. The molecular weight excluding hydrogens is 228 g/mol. The van der Waals surface area contributed by atoms with Gasteiger partial charge in [-0.1, -0.05) is 12.7 Å².